The Labute approximate surface area is 119 Å². The van der Waals surface area contributed by atoms with Crippen LogP contribution in [0.2, 0.25) is 5.02 Å². The number of amides is 1. The van der Waals surface area contributed by atoms with E-state index in [0.717, 1.165) is 18.5 Å². The fraction of sp³-hybridized carbons (Fsp3) is 0.533. The van der Waals surface area contributed by atoms with E-state index in [1.165, 1.54) is 12.8 Å². The minimum absolute atomic E-state index is 0.293. The van der Waals surface area contributed by atoms with Crippen molar-refractivity contribution in [2.24, 2.45) is 17.6 Å². The van der Waals surface area contributed by atoms with Gasteiger partial charge in [-0.05, 0) is 36.8 Å². The molecule has 3 N–H and O–H groups in total. The highest BCUT2D eigenvalue weighted by Gasteiger charge is 2.30. The van der Waals surface area contributed by atoms with Crippen LogP contribution >= 0.6 is 11.6 Å². The van der Waals surface area contributed by atoms with Gasteiger partial charge in [-0.2, -0.15) is 0 Å². The number of nitrogens with two attached hydrogens (primary N) is 1. The summed E-state index contributed by atoms with van der Waals surface area (Å²) in [5.41, 5.74) is 6.35. The first-order chi connectivity index (χ1) is 9.08. The fourth-order valence-electron chi connectivity index (χ4n) is 2.95. The van der Waals surface area contributed by atoms with E-state index < -0.39 is 0 Å². The predicted octanol–water partition coefficient (Wildman–Crippen LogP) is 3.43. The van der Waals surface area contributed by atoms with Crippen molar-refractivity contribution >= 4 is 23.2 Å². The number of para-hydroxylation sites is 1. The largest absolute Gasteiger partial charge is 0.372 e. The molecule has 0 radical (unpaired) electrons. The Morgan fingerprint density at radius 1 is 1.42 bits per heavy atom. The second kappa shape index (κ2) is 6.29. The van der Waals surface area contributed by atoms with Crippen LogP contribution in [0.15, 0.2) is 24.3 Å². The highest BCUT2D eigenvalue weighted by Crippen LogP contribution is 2.33. The number of halogens is 1. The molecule has 1 fully saturated rings. The van der Waals surface area contributed by atoms with Crippen LogP contribution in [0.1, 0.15) is 32.6 Å². The van der Waals surface area contributed by atoms with Gasteiger partial charge >= 0.3 is 0 Å². The molecule has 0 spiro atoms. The zero-order chi connectivity index (χ0) is 13.8. The molecule has 0 aliphatic heterocycles. The third-order valence-corrected chi connectivity index (χ3v) is 4.27. The Morgan fingerprint density at radius 2 is 2.16 bits per heavy atom. The van der Waals surface area contributed by atoms with E-state index in [4.69, 9.17) is 17.3 Å². The third-order valence-electron chi connectivity index (χ3n) is 3.94. The summed E-state index contributed by atoms with van der Waals surface area (Å²) in [7, 11) is 0. The van der Waals surface area contributed by atoms with Gasteiger partial charge in [0.15, 0.2) is 0 Å². The normalized spacial score (nSPS) is 24.7. The molecular weight excluding hydrogens is 260 g/mol. The molecular formula is C15H21ClN2O. The molecule has 0 saturated heterocycles. The zero-order valence-electron chi connectivity index (χ0n) is 11.2. The lowest BCUT2D eigenvalue weighted by atomic mass is 9.78. The van der Waals surface area contributed by atoms with Gasteiger partial charge in [0, 0.05) is 0 Å². The molecule has 1 amide bonds. The van der Waals surface area contributed by atoms with Gasteiger partial charge in [0.1, 0.15) is 6.04 Å². The number of primary amides is 1. The summed E-state index contributed by atoms with van der Waals surface area (Å²) in [5, 5.41) is 3.85. The van der Waals surface area contributed by atoms with Gasteiger partial charge in [-0.25, -0.2) is 0 Å². The van der Waals surface area contributed by atoms with Crippen molar-refractivity contribution in [1.82, 2.24) is 0 Å². The Kier molecular flexibility index (Phi) is 4.70. The Balaban J connectivity index is 2.12. The highest BCUT2D eigenvalue weighted by molar-refractivity contribution is 6.33. The van der Waals surface area contributed by atoms with Gasteiger partial charge in [0.25, 0.3) is 0 Å². The molecule has 19 heavy (non-hydrogen) atoms. The zero-order valence-corrected chi connectivity index (χ0v) is 12.0. The molecule has 1 aromatic carbocycles. The molecule has 0 bridgehead atoms. The summed E-state index contributed by atoms with van der Waals surface area (Å²) in [5.74, 6) is 0.671. The van der Waals surface area contributed by atoms with Crippen LogP contribution < -0.4 is 11.1 Å². The first-order valence-electron chi connectivity index (χ1n) is 6.88. The summed E-state index contributed by atoms with van der Waals surface area (Å²) in [6.45, 7) is 2.24. The second-order valence-electron chi connectivity index (χ2n) is 5.54. The monoisotopic (exact) mass is 280 g/mol. The summed E-state index contributed by atoms with van der Waals surface area (Å²) in [6.07, 6.45) is 4.51. The number of hydrogen-bond acceptors (Lipinski definition) is 2. The number of carbonyl (C=O) groups excluding carboxylic acids is 1. The van der Waals surface area contributed by atoms with Crippen LogP contribution in [0, 0.1) is 11.8 Å². The maximum absolute atomic E-state index is 11.7. The molecule has 1 aromatic rings. The van der Waals surface area contributed by atoms with Crippen molar-refractivity contribution in [1.29, 1.82) is 0 Å². The number of carbonyl (C=O) groups is 1. The topological polar surface area (TPSA) is 55.1 Å². The lowest BCUT2D eigenvalue weighted by molar-refractivity contribution is -0.120. The number of hydrogen-bond donors (Lipinski definition) is 2. The van der Waals surface area contributed by atoms with Gasteiger partial charge in [0.2, 0.25) is 5.91 Å². The number of nitrogens with one attached hydrogen (secondary N) is 1. The lowest BCUT2D eigenvalue weighted by Gasteiger charge is -2.32. The van der Waals surface area contributed by atoms with Crippen molar-refractivity contribution in [3.63, 3.8) is 0 Å². The molecule has 1 aliphatic rings. The molecule has 0 heterocycles. The summed E-state index contributed by atoms with van der Waals surface area (Å²) in [6, 6.07) is 7.13. The summed E-state index contributed by atoms with van der Waals surface area (Å²) in [4.78, 5) is 11.7. The van der Waals surface area contributed by atoms with Crippen LogP contribution in [0.3, 0.4) is 0 Å². The van der Waals surface area contributed by atoms with Crippen LogP contribution in [-0.2, 0) is 4.79 Å². The third kappa shape index (κ3) is 3.63. The van der Waals surface area contributed by atoms with Gasteiger partial charge in [-0.1, -0.05) is 43.5 Å². The fourth-order valence-corrected chi connectivity index (χ4v) is 3.14. The first-order valence-corrected chi connectivity index (χ1v) is 7.26. The predicted molar refractivity (Wildman–Crippen MR) is 79.2 cm³/mol. The average Bonchev–Trinajstić information content (AvgIpc) is 2.37. The van der Waals surface area contributed by atoms with E-state index in [9.17, 15) is 4.79 Å². The van der Waals surface area contributed by atoms with Gasteiger partial charge in [-0.15, -0.1) is 0 Å². The highest BCUT2D eigenvalue weighted by atomic mass is 35.5. The summed E-state index contributed by atoms with van der Waals surface area (Å²) >= 11 is 6.13. The van der Waals surface area contributed by atoms with Gasteiger partial charge in [-0.3, -0.25) is 4.79 Å². The van der Waals surface area contributed by atoms with E-state index in [-0.39, 0.29) is 11.9 Å². The number of rotatable bonds is 4. The molecule has 4 heteroatoms. The van der Waals surface area contributed by atoms with Crippen molar-refractivity contribution < 1.29 is 4.79 Å². The van der Waals surface area contributed by atoms with Crippen molar-refractivity contribution in [2.45, 2.75) is 38.6 Å². The summed E-state index contributed by atoms with van der Waals surface area (Å²) < 4.78 is 0. The van der Waals surface area contributed by atoms with Crippen LogP contribution in [0.5, 0.6) is 0 Å². The Morgan fingerprint density at radius 3 is 2.79 bits per heavy atom. The minimum atomic E-state index is -0.331. The lowest BCUT2D eigenvalue weighted by Crippen LogP contribution is -2.43. The van der Waals surface area contributed by atoms with Crippen molar-refractivity contribution in [3.8, 4) is 0 Å². The van der Waals surface area contributed by atoms with E-state index in [0.29, 0.717) is 16.9 Å². The molecule has 1 saturated carbocycles. The van der Waals surface area contributed by atoms with Crippen LogP contribution in [0.4, 0.5) is 5.69 Å². The van der Waals surface area contributed by atoms with E-state index in [1.54, 1.807) is 0 Å². The minimum Gasteiger partial charge on any atom is -0.372 e. The second-order valence-corrected chi connectivity index (χ2v) is 5.94. The van der Waals surface area contributed by atoms with E-state index in [2.05, 4.69) is 12.2 Å². The molecule has 0 aromatic heterocycles. The van der Waals surface area contributed by atoms with Gasteiger partial charge < -0.3 is 11.1 Å². The van der Waals surface area contributed by atoms with Gasteiger partial charge in [0.05, 0.1) is 10.7 Å². The number of benzene rings is 1. The van der Waals surface area contributed by atoms with E-state index in [1.807, 2.05) is 24.3 Å². The van der Waals surface area contributed by atoms with Crippen LogP contribution in [0.25, 0.3) is 0 Å². The van der Waals surface area contributed by atoms with Crippen molar-refractivity contribution in [2.75, 3.05) is 5.32 Å². The molecule has 1 aliphatic carbocycles. The maximum atomic E-state index is 11.7. The number of anilines is 1. The molecule has 3 unspecified atom stereocenters. The molecule has 3 atom stereocenters. The molecule has 104 valence electrons. The smallest absolute Gasteiger partial charge is 0.240 e. The molecule has 2 rings (SSSR count). The Bertz CT molecular complexity index is 450. The SMILES string of the molecule is CC1CCCC(C(Nc2ccccc2Cl)C(N)=O)C1. The van der Waals surface area contributed by atoms with E-state index >= 15 is 0 Å². The quantitative estimate of drug-likeness (QED) is 0.888. The van der Waals surface area contributed by atoms with Crippen LogP contribution in [-0.4, -0.2) is 11.9 Å². The first kappa shape index (κ1) is 14.2. The standard InChI is InChI=1S/C15H21ClN2O/c1-10-5-4-6-11(9-10)14(15(17)19)18-13-8-3-2-7-12(13)16/h2-3,7-8,10-11,14,18H,4-6,9H2,1H3,(H2,17,19). The Hall–Kier alpha value is -1.22. The molecule has 3 nitrogen and oxygen atoms in total. The average molecular weight is 281 g/mol. The van der Waals surface area contributed by atoms with Crippen molar-refractivity contribution in [3.05, 3.63) is 29.3 Å². The maximum Gasteiger partial charge on any atom is 0.240 e.